The summed E-state index contributed by atoms with van der Waals surface area (Å²) in [4.78, 5) is 0.312. The van der Waals surface area contributed by atoms with Crippen LogP contribution >= 0.6 is 0 Å². The molecule has 2 aromatic rings. The number of benzene rings is 2. The summed E-state index contributed by atoms with van der Waals surface area (Å²) in [6.45, 7) is 3.60. The zero-order valence-electron chi connectivity index (χ0n) is 14.8. The Labute approximate surface area is 149 Å². The third-order valence-corrected chi connectivity index (χ3v) is 6.35. The highest BCUT2D eigenvalue weighted by molar-refractivity contribution is 7.89. The Balaban J connectivity index is 1.64. The first-order valence-electron chi connectivity index (χ1n) is 8.38. The lowest BCUT2D eigenvalue weighted by Crippen LogP contribution is -2.22. The maximum absolute atomic E-state index is 12.1. The van der Waals surface area contributed by atoms with Gasteiger partial charge in [0, 0.05) is 33.1 Å². The second-order valence-corrected chi connectivity index (χ2v) is 8.65. The monoisotopic (exact) mass is 360 g/mol. The molecule has 0 saturated heterocycles. The van der Waals surface area contributed by atoms with Crippen LogP contribution in [0.5, 0.6) is 5.75 Å². The Morgan fingerprint density at radius 1 is 1.16 bits per heavy atom. The van der Waals surface area contributed by atoms with E-state index in [0.29, 0.717) is 4.90 Å². The normalized spacial score (nSPS) is 15.0. The van der Waals surface area contributed by atoms with Gasteiger partial charge >= 0.3 is 0 Å². The van der Waals surface area contributed by atoms with Crippen molar-refractivity contribution in [1.82, 2.24) is 9.62 Å². The number of ether oxygens (including phenoxy) is 1. The number of hydrogen-bond donors (Lipinski definition) is 1. The molecule has 0 amide bonds. The summed E-state index contributed by atoms with van der Waals surface area (Å²) in [6.07, 6.45) is 0.973. The van der Waals surface area contributed by atoms with Gasteiger partial charge in [-0.1, -0.05) is 24.3 Å². The van der Waals surface area contributed by atoms with E-state index in [1.54, 1.807) is 12.1 Å². The van der Waals surface area contributed by atoms with E-state index in [-0.39, 0.29) is 6.04 Å². The average Bonchev–Trinajstić information content (AvgIpc) is 3.07. The molecular formula is C19H24N2O3S. The zero-order chi connectivity index (χ0) is 18.0. The summed E-state index contributed by atoms with van der Waals surface area (Å²) >= 11 is 0. The maximum Gasteiger partial charge on any atom is 0.242 e. The highest BCUT2D eigenvalue weighted by Gasteiger charge is 2.17. The van der Waals surface area contributed by atoms with Crippen molar-refractivity contribution < 1.29 is 13.2 Å². The summed E-state index contributed by atoms with van der Waals surface area (Å²) in [6, 6.07) is 13.5. The molecule has 1 unspecified atom stereocenters. The average molecular weight is 360 g/mol. The Bertz CT molecular complexity index is 845. The smallest absolute Gasteiger partial charge is 0.242 e. The van der Waals surface area contributed by atoms with Crippen LogP contribution in [0, 0.1) is 0 Å². The number of hydrogen-bond acceptors (Lipinski definition) is 4. The van der Waals surface area contributed by atoms with Gasteiger partial charge in [0.15, 0.2) is 0 Å². The summed E-state index contributed by atoms with van der Waals surface area (Å²) in [5.74, 6) is 0.995. The topological polar surface area (TPSA) is 58.6 Å². The highest BCUT2D eigenvalue weighted by atomic mass is 32.2. The lowest BCUT2D eigenvalue weighted by atomic mass is 10.1. The predicted octanol–water partition coefficient (Wildman–Crippen LogP) is 2.72. The van der Waals surface area contributed by atoms with E-state index in [2.05, 4.69) is 24.4 Å². The number of rotatable bonds is 6. The molecule has 5 nitrogen and oxygen atoms in total. The first-order valence-corrected chi connectivity index (χ1v) is 9.82. The lowest BCUT2D eigenvalue weighted by molar-refractivity contribution is 0.357. The van der Waals surface area contributed by atoms with Crippen molar-refractivity contribution in [3.63, 3.8) is 0 Å². The van der Waals surface area contributed by atoms with E-state index < -0.39 is 10.0 Å². The summed E-state index contributed by atoms with van der Waals surface area (Å²) in [5, 5.41) is 3.49. The van der Waals surface area contributed by atoms with E-state index >= 15 is 0 Å². The first kappa shape index (κ1) is 17.9. The molecule has 0 spiro atoms. The third kappa shape index (κ3) is 3.86. The molecule has 0 aromatic heterocycles. The van der Waals surface area contributed by atoms with Gasteiger partial charge < -0.3 is 10.1 Å². The van der Waals surface area contributed by atoms with E-state index in [1.807, 2.05) is 18.2 Å². The molecule has 0 fully saturated rings. The van der Waals surface area contributed by atoms with Gasteiger partial charge in [-0.25, -0.2) is 12.7 Å². The molecule has 6 heteroatoms. The van der Waals surface area contributed by atoms with E-state index in [9.17, 15) is 8.42 Å². The van der Waals surface area contributed by atoms with Gasteiger partial charge in [-0.15, -0.1) is 0 Å². The fourth-order valence-electron chi connectivity index (χ4n) is 2.88. The largest absolute Gasteiger partial charge is 0.493 e. The Morgan fingerprint density at radius 2 is 1.88 bits per heavy atom. The molecule has 1 atom stereocenters. The van der Waals surface area contributed by atoms with Crippen molar-refractivity contribution in [2.75, 3.05) is 20.7 Å². The van der Waals surface area contributed by atoms with Crippen LogP contribution < -0.4 is 10.1 Å². The molecule has 3 rings (SSSR count). The Morgan fingerprint density at radius 3 is 2.56 bits per heavy atom. The van der Waals surface area contributed by atoms with Crippen molar-refractivity contribution >= 4 is 10.0 Å². The second kappa shape index (κ2) is 7.15. The molecule has 1 aliphatic heterocycles. The lowest BCUT2D eigenvalue weighted by Gasteiger charge is -2.16. The maximum atomic E-state index is 12.1. The zero-order valence-corrected chi connectivity index (χ0v) is 15.6. The van der Waals surface area contributed by atoms with Crippen LogP contribution in [0.3, 0.4) is 0 Å². The summed E-state index contributed by atoms with van der Waals surface area (Å²) < 4.78 is 31.0. The molecule has 134 valence electrons. The van der Waals surface area contributed by atoms with Crippen molar-refractivity contribution in [1.29, 1.82) is 0 Å². The Hall–Kier alpha value is -1.89. The van der Waals surface area contributed by atoms with Crippen LogP contribution in [0.25, 0.3) is 0 Å². The molecule has 0 saturated carbocycles. The van der Waals surface area contributed by atoms with E-state index in [1.165, 1.54) is 29.5 Å². The van der Waals surface area contributed by atoms with Gasteiger partial charge in [0.05, 0.1) is 11.5 Å². The van der Waals surface area contributed by atoms with Crippen LogP contribution in [-0.2, 0) is 23.0 Å². The summed E-state index contributed by atoms with van der Waals surface area (Å²) in [7, 11) is -0.306. The van der Waals surface area contributed by atoms with Gasteiger partial charge in [-0.3, -0.25) is 0 Å². The number of fused-ring (bicyclic) bond motifs is 1. The van der Waals surface area contributed by atoms with Crippen molar-refractivity contribution in [2.45, 2.75) is 30.8 Å². The first-order chi connectivity index (χ1) is 11.9. The van der Waals surface area contributed by atoms with Gasteiger partial charge in [0.25, 0.3) is 0 Å². The van der Waals surface area contributed by atoms with Crippen molar-refractivity contribution in [3.05, 3.63) is 59.2 Å². The highest BCUT2D eigenvalue weighted by Crippen LogP contribution is 2.26. The molecule has 1 aliphatic rings. The van der Waals surface area contributed by atoms with Crippen LogP contribution in [0.2, 0.25) is 0 Å². The summed E-state index contributed by atoms with van der Waals surface area (Å²) in [5.41, 5.74) is 3.55. The molecular weight excluding hydrogens is 336 g/mol. The minimum absolute atomic E-state index is 0.126. The molecule has 0 aliphatic carbocycles. The van der Waals surface area contributed by atoms with Gasteiger partial charge in [-0.2, -0.15) is 0 Å². The van der Waals surface area contributed by atoms with Gasteiger partial charge in [0.1, 0.15) is 5.75 Å². The van der Waals surface area contributed by atoms with Crippen LogP contribution in [0.15, 0.2) is 47.4 Å². The third-order valence-electron chi connectivity index (χ3n) is 4.52. The second-order valence-electron chi connectivity index (χ2n) is 6.50. The van der Waals surface area contributed by atoms with Gasteiger partial charge in [0.2, 0.25) is 10.0 Å². The SMILES string of the molecule is CC(NCc1ccc2c(c1)CCO2)c1ccc(S(=O)(=O)N(C)C)cc1. The molecule has 0 bridgehead atoms. The fraction of sp³-hybridized carbons (Fsp3) is 0.368. The standard InChI is InChI=1S/C19H24N2O3S/c1-14(16-5-7-18(8-6-16)25(22,23)21(2)3)20-13-15-4-9-19-17(12-15)10-11-24-19/h4-9,12,14,20H,10-11,13H2,1-3H3. The molecule has 0 radical (unpaired) electrons. The van der Waals surface area contributed by atoms with Crippen molar-refractivity contribution in [2.24, 2.45) is 0 Å². The molecule has 25 heavy (non-hydrogen) atoms. The van der Waals surface area contributed by atoms with E-state index in [4.69, 9.17) is 4.74 Å². The van der Waals surface area contributed by atoms with Crippen molar-refractivity contribution in [3.8, 4) is 5.75 Å². The number of nitrogens with zero attached hydrogens (tertiary/aromatic N) is 1. The van der Waals surface area contributed by atoms with Crippen LogP contribution in [0.1, 0.15) is 29.7 Å². The minimum Gasteiger partial charge on any atom is -0.493 e. The van der Waals surface area contributed by atoms with Gasteiger partial charge in [-0.05, 0) is 41.8 Å². The quantitative estimate of drug-likeness (QED) is 0.861. The van der Waals surface area contributed by atoms with E-state index in [0.717, 1.165) is 30.9 Å². The number of nitrogens with one attached hydrogen (secondary N) is 1. The molecule has 2 aromatic carbocycles. The molecule has 1 heterocycles. The Kier molecular flexibility index (Phi) is 5.13. The van der Waals surface area contributed by atoms with Crippen LogP contribution in [0.4, 0.5) is 0 Å². The number of sulfonamides is 1. The molecule has 1 N–H and O–H groups in total. The van der Waals surface area contributed by atoms with Crippen LogP contribution in [-0.4, -0.2) is 33.4 Å². The minimum atomic E-state index is -3.38. The fourth-order valence-corrected chi connectivity index (χ4v) is 3.78. The predicted molar refractivity (Wildman–Crippen MR) is 98.2 cm³/mol.